The maximum absolute atomic E-state index is 13.0. The van der Waals surface area contributed by atoms with Crippen LogP contribution in [-0.4, -0.2) is 52.2 Å². The van der Waals surface area contributed by atoms with Crippen molar-refractivity contribution in [1.82, 2.24) is 19.3 Å². The number of hydrogen-bond acceptors (Lipinski definition) is 6. The van der Waals surface area contributed by atoms with Gasteiger partial charge in [-0.05, 0) is 43.5 Å². The highest BCUT2D eigenvalue weighted by Gasteiger charge is 2.26. The highest BCUT2D eigenvalue weighted by molar-refractivity contribution is 5.84. The van der Waals surface area contributed by atoms with Crippen LogP contribution in [0.1, 0.15) is 31.4 Å². The lowest BCUT2D eigenvalue weighted by molar-refractivity contribution is -0.0507. The Morgan fingerprint density at radius 2 is 1.86 bits per heavy atom. The molecule has 2 atom stereocenters. The second-order valence-corrected chi connectivity index (χ2v) is 9.21. The van der Waals surface area contributed by atoms with Crippen molar-refractivity contribution in [2.75, 3.05) is 25.2 Å². The Kier molecular flexibility index (Phi) is 6.92. The smallest absolute Gasteiger partial charge is 0.387 e. The van der Waals surface area contributed by atoms with Gasteiger partial charge in [-0.3, -0.25) is 14.2 Å². The van der Waals surface area contributed by atoms with Crippen LogP contribution in [0.4, 0.5) is 14.7 Å². The Morgan fingerprint density at radius 3 is 2.59 bits per heavy atom. The number of hydrogen-bond donors (Lipinski definition) is 0. The van der Waals surface area contributed by atoms with E-state index in [0.717, 1.165) is 30.5 Å². The molecule has 1 saturated heterocycles. The Labute approximate surface area is 213 Å². The van der Waals surface area contributed by atoms with Gasteiger partial charge in [0.1, 0.15) is 5.75 Å². The summed E-state index contributed by atoms with van der Waals surface area (Å²) in [5.41, 5.74) is 2.70. The quantitative estimate of drug-likeness (QED) is 0.345. The van der Waals surface area contributed by atoms with Gasteiger partial charge in [-0.2, -0.15) is 8.78 Å². The lowest BCUT2D eigenvalue weighted by Gasteiger charge is -2.23. The second kappa shape index (κ2) is 10.3. The van der Waals surface area contributed by atoms with E-state index in [4.69, 9.17) is 9.47 Å². The zero-order valence-corrected chi connectivity index (χ0v) is 21.0. The topological polar surface area (TPSA) is 74.4 Å². The minimum absolute atomic E-state index is 0.0770. The summed E-state index contributed by atoms with van der Waals surface area (Å²) in [6.07, 6.45) is 5.69. The van der Waals surface area contributed by atoms with E-state index in [0.29, 0.717) is 29.0 Å². The van der Waals surface area contributed by atoms with Gasteiger partial charge in [-0.25, -0.2) is 9.97 Å². The van der Waals surface area contributed by atoms with Crippen LogP contribution in [0, 0.1) is 0 Å². The molecule has 194 valence electrons. The molecule has 0 aliphatic carbocycles. The first-order valence-electron chi connectivity index (χ1n) is 12.2. The number of ether oxygens (including phenoxy) is 2. The van der Waals surface area contributed by atoms with Crippen LogP contribution >= 0.6 is 0 Å². The summed E-state index contributed by atoms with van der Waals surface area (Å²) in [5, 5.41) is 0.530. The lowest BCUT2D eigenvalue weighted by Crippen LogP contribution is -2.34. The Morgan fingerprint density at radius 1 is 1.11 bits per heavy atom. The maximum atomic E-state index is 13.0. The molecule has 0 bridgehead atoms. The van der Waals surface area contributed by atoms with Gasteiger partial charge >= 0.3 is 6.61 Å². The Balaban J connectivity index is 1.52. The summed E-state index contributed by atoms with van der Waals surface area (Å²) < 4.78 is 39.4. The van der Waals surface area contributed by atoms with Gasteiger partial charge in [0.2, 0.25) is 5.95 Å². The SMILES string of the molecule is COCC1CCCN1c1ncc(-c2ccc3c(=O)n(C)n(C(C)c4ccccc4OC(F)F)c3c2)cn1. The molecule has 5 rings (SSSR count). The molecule has 10 heteroatoms. The molecular weight excluding hydrogens is 480 g/mol. The molecule has 3 heterocycles. The van der Waals surface area contributed by atoms with E-state index >= 15 is 0 Å². The molecule has 1 fully saturated rings. The monoisotopic (exact) mass is 509 g/mol. The minimum atomic E-state index is -2.95. The van der Waals surface area contributed by atoms with E-state index in [2.05, 4.69) is 14.9 Å². The van der Waals surface area contributed by atoms with Crippen LogP contribution in [0.15, 0.2) is 59.7 Å². The normalized spacial score (nSPS) is 16.6. The van der Waals surface area contributed by atoms with Crippen molar-refractivity contribution >= 4 is 16.9 Å². The van der Waals surface area contributed by atoms with E-state index in [9.17, 15) is 13.6 Å². The van der Waals surface area contributed by atoms with Crippen molar-refractivity contribution in [3.63, 3.8) is 0 Å². The highest BCUT2D eigenvalue weighted by atomic mass is 19.3. The van der Waals surface area contributed by atoms with Gasteiger partial charge < -0.3 is 14.4 Å². The number of aromatic nitrogens is 4. The van der Waals surface area contributed by atoms with Crippen LogP contribution < -0.4 is 15.2 Å². The van der Waals surface area contributed by atoms with Gasteiger partial charge in [0.15, 0.2) is 0 Å². The molecule has 2 aromatic heterocycles. The summed E-state index contributed by atoms with van der Waals surface area (Å²) in [6, 6.07) is 12.0. The van der Waals surface area contributed by atoms with Crippen molar-refractivity contribution in [3.8, 4) is 16.9 Å². The number of anilines is 1. The zero-order valence-electron chi connectivity index (χ0n) is 21.0. The molecule has 1 aliphatic rings. The summed E-state index contributed by atoms with van der Waals surface area (Å²) in [5.74, 6) is 0.749. The number of alkyl halides is 2. The molecule has 0 radical (unpaired) electrons. The molecule has 0 amide bonds. The fraction of sp³-hybridized carbons (Fsp3) is 0.370. The second-order valence-electron chi connectivity index (χ2n) is 9.21. The zero-order chi connectivity index (χ0) is 26.1. The van der Waals surface area contributed by atoms with Crippen LogP contribution in [-0.2, 0) is 11.8 Å². The van der Waals surface area contributed by atoms with Crippen LogP contribution in [0.25, 0.3) is 22.0 Å². The third kappa shape index (κ3) is 4.69. The molecule has 0 N–H and O–H groups in total. The molecule has 37 heavy (non-hydrogen) atoms. The molecule has 0 spiro atoms. The average molecular weight is 510 g/mol. The predicted molar refractivity (Wildman–Crippen MR) is 137 cm³/mol. The first-order chi connectivity index (χ1) is 17.9. The molecule has 4 aromatic rings. The largest absolute Gasteiger partial charge is 0.434 e. The Bertz CT molecular complexity index is 1450. The number of methoxy groups -OCH3 is 1. The fourth-order valence-electron chi connectivity index (χ4n) is 5.23. The number of benzene rings is 2. The van der Waals surface area contributed by atoms with E-state index in [1.54, 1.807) is 55.5 Å². The minimum Gasteiger partial charge on any atom is -0.434 e. The molecule has 1 aliphatic heterocycles. The van der Waals surface area contributed by atoms with Crippen LogP contribution in [0.2, 0.25) is 0 Å². The van der Waals surface area contributed by atoms with Gasteiger partial charge in [0.25, 0.3) is 5.56 Å². The van der Waals surface area contributed by atoms with Crippen molar-refractivity contribution < 1.29 is 18.3 Å². The number of fused-ring (bicyclic) bond motifs is 1. The number of rotatable bonds is 8. The average Bonchev–Trinajstić information content (AvgIpc) is 3.46. The molecular formula is C27H29F2N5O3. The maximum Gasteiger partial charge on any atom is 0.387 e. The van der Waals surface area contributed by atoms with Crippen molar-refractivity contribution in [2.24, 2.45) is 7.05 Å². The summed E-state index contributed by atoms with van der Waals surface area (Å²) >= 11 is 0. The first kappa shape index (κ1) is 24.9. The van der Waals surface area contributed by atoms with E-state index in [-0.39, 0.29) is 17.4 Å². The fourth-order valence-corrected chi connectivity index (χ4v) is 5.23. The molecule has 2 aromatic carbocycles. The first-order valence-corrected chi connectivity index (χ1v) is 12.2. The van der Waals surface area contributed by atoms with Gasteiger partial charge in [-0.1, -0.05) is 24.3 Å². The lowest BCUT2D eigenvalue weighted by atomic mass is 10.1. The third-order valence-corrected chi connectivity index (χ3v) is 7.01. The van der Waals surface area contributed by atoms with Crippen LogP contribution in [0.3, 0.4) is 0 Å². The van der Waals surface area contributed by atoms with E-state index in [1.807, 2.05) is 19.1 Å². The Hall–Kier alpha value is -3.79. The highest BCUT2D eigenvalue weighted by Crippen LogP contribution is 2.32. The summed E-state index contributed by atoms with van der Waals surface area (Å²) in [4.78, 5) is 24.4. The molecule has 2 unspecified atom stereocenters. The van der Waals surface area contributed by atoms with Crippen molar-refractivity contribution in [3.05, 3.63) is 70.8 Å². The number of para-hydroxylation sites is 1. The van der Waals surface area contributed by atoms with E-state index < -0.39 is 12.7 Å². The molecule has 8 nitrogen and oxygen atoms in total. The number of halogens is 2. The predicted octanol–water partition coefficient (Wildman–Crippen LogP) is 4.62. The third-order valence-electron chi connectivity index (χ3n) is 7.01. The summed E-state index contributed by atoms with van der Waals surface area (Å²) in [7, 11) is 3.37. The van der Waals surface area contributed by atoms with Gasteiger partial charge in [-0.15, -0.1) is 0 Å². The molecule has 0 saturated carbocycles. The number of nitrogens with zero attached hydrogens (tertiary/aromatic N) is 5. The van der Waals surface area contributed by atoms with E-state index in [1.165, 1.54) is 10.7 Å². The van der Waals surface area contributed by atoms with Crippen molar-refractivity contribution in [2.45, 2.75) is 38.5 Å². The van der Waals surface area contributed by atoms with Crippen LogP contribution in [0.5, 0.6) is 5.75 Å². The van der Waals surface area contributed by atoms with Crippen molar-refractivity contribution in [1.29, 1.82) is 0 Å². The van der Waals surface area contributed by atoms with Gasteiger partial charge in [0.05, 0.1) is 29.6 Å². The standard InChI is InChI=1S/C27H29F2N5O3/c1-17(21-8-4-5-9-24(21)37-26(28)29)34-23-13-18(10-11-22(23)25(35)32(34)2)19-14-30-27(31-15-19)33-12-6-7-20(33)16-36-3/h4-5,8-11,13-15,17,20,26H,6-7,12,16H2,1-3H3. The summed E-state index contributed by atoms with van der Waals surface area (Å²) in [6.45, 7) is 0.434. The van der Waals surface area contributed by atoms with Gasteiger partial charge in [0, 0.05) is 44.2 Å².